The molecule has 0 saturated carbocycles. The Bertz CT molecular complexity index is 544. The molecule has 2 aromatic rings. The van der Waals surface area contributed by atoms with Gasteiger partial charge >= 0.3 is 0 Å². The van der Waals surface area contributed by atoms with Crippen LogP contribution in [0.1, 0.15) is 16.8 Å². The van der Waals surface area contributed by atoms with E-state index in [-0.39, 0.29) is 11.9 Å². The average Bonchev–Trinajstić information content (AvgIpc) is 2.97. The maximum absolute atomic E-state index is 12.1. The Morgan fingerprint density at radius 3 is 3.24 bits per heavy atom. The number of imidazole rings is 1. The zero-order valence-corrected chi connectivity index (χ0v) is 9.23. The molecule has 1 fully saturated rings. The van der Waals surface area contributed by atoms with Crippen LogP contribution in [0.2, 0.25) is 0 Å². The molecule has 1 atom stereocenters. The molecule has 0 unspecified atom stereocenters. The van der Waals surface area contributed by atoms with E-state index < -0.39 is 0 Å². The summed E-state index contributed by atoms with van der Waals surface area (Å²) in [7, 11) is 0. The van der Waals surface area contributed by atoms with Crippen LogP contribution in [0.4, 0.5) is 0 Å². The van der Waals surface area contributed by atoms with Crippen molar-refractivity contribution in [2.75, 3.05) is 13.1 Å². The van der Waals surface area contributed by atoms with Gasteiger partial charge in [0.1, 0.15) is 5.52 Å². The van der Waals surface area contributed by atoms with Crippen LogP contribution in [-0.2, 0) is 0 Å². The van der Waals surface area contributed by atoms with E-state index in [0.717, 1.165) is 25.0 Å². The summed E-state index contributed by atoms with van der Waals surface area (Å²) in [5.74, 6) is -0.107. The monoisotopic (exact) mass is 231 g/mol. The summed E-state index contributed by atoms with van der Waals surface area (Å²) >= 11 is 0. The van der Waals surface area contributed by atoms with Crippen molar-refractivity contribution in [3.63, 3.8) is 0 Å². The van der Waals surface area contributed by atoms with Crippen molar-refractivity contribution < 1.29 is 4.79 Å². The molecule has 3 heterocycles. The fraction of sp³-hybridized carbons (Fsp3) is 0.364. The molecule has 3 rings (SSSR count). The fourth-order valence-corrected chi connectivity index (χ4v) is 2.07. The van der Waals surface area contributed by atoms with Gasteiger partial charge in [0.2, 0.25) is 0 Å². The molecule has 6 nitrogen and oxygen atoms in total. The van der Waals surface area contributed by atoms with Crippen LogP contribution >= 0.6 is 0 Å². The van der Waals surface area contributed by atoms with Crippen LogP contribution < -0.4 is 10.6 Å². The Morgan fingerprint density at radius 2 is 2.41 bits per heavy atom. The van der Waals surface area contributed by atoms with Crippen LogP contribution in [0, 0.1) is 0 Å². The molecule has 0 radical (unpaired) electrons. The largest absolute Gasteiger partial charge is 0.348 e. The Balaban J connectivity index is 1.87. The molecule has 0 aromatic carbocycles. The number of carbonyl (C=O) groups is 1. The minimum atomic E-state index is -0.107. The molecule has 6 heteroatoms. The SMILES string of the molecule is O=C(N[C@@H]1CCNC1)c1cncc2[nH]cnc12. The summed E-state index contributed by atoms with van der Waals surface area (Å²) in [6, 6.07) is 0.205. The first-order valence-electron chi connectivity index (χ1n) is 5.63. The predicted octanol–water partition coefficient (Wildman–Crippen LogP) is 0.0496. The predicted molar refractivity (Wildman–Crippen MR) is 62.6 cm³/mol. The number of amides is 1. The third-order valence-corrected chi connectivity index (χ3v) is 2.97. The van der Waals surface area contributed by atoms with Crippen LogP contribution in [0.15, 0.2) is 18.7 Å². The lowest BCUT2D eigenvalue weighted by atomic mass is 10.2. The molecule has 1 amide bonds. The Kier molecular flexibility index (Phi) is 2.49. The number of H-pyrrole nitrogens is 1. The van der Waals surface area contributed by atoms with Crippen molar-refractivity contribution in [1.29, 1.82) is 0 Å². The lowest BCUT2D eigenvalue weighted by molar-refractivity contribution is 0.0941. The van der Waals surface area contributed by atoms with Gasteiger partial charge in [-0.1, -0.05) is 0 Å². The maximum atomic E-state index is 12.1. The number of pyridine rings is 1. The number of rotatable bonds is 2. The quantitative estimate of drug-likeness (QED) is 0.682. The molecular formula is C11H13N5O. The lowest BCUT2D eigenvalue weighted by Crippen LogP contribution is -2.36. The summed E-state index contributed by atoms with van der Waals surface area (Å²) < 4.78 is 0. The molecule has 88 valence electrons. The second kappa shape index (κ2) is 4.14. The van der Waals surface area contributed by atoms with Crippen LogP contribution in [0.3, 0.4) is 0 Å². The van der Waals surface area contributed by atoms with Crippen molar-refractivity contribution in [1.82, 2.24) is 25.6 Å². The first-order valence-corrected chi connectivity index (χ1v) is 5.63. The molecule has 1 aliphatic heterocycles. The van der Waals surface area contributed by atoms with Crippen LogP contribution in [0.5, 0.6) is 0 Å². The molecule has 0 bridgehead atoms. The topological polar surface area (TPSA) is 82.7 Å². The van der Waals surface area contributed by atoms with E-state index in [1.54, 1.807) is 18.7 Å². The maximum Gasteiger partial charge on any atom is 0.255 e. The van der Waals surface area contributed by atoms with Gasteiger partial charge in [0.25, 0.3) is 5.91 Å². The van der Waals surface area contributed by atoms with E-state index in [1.807, 2.05) is 0 Å². The van der Waals surface area contributed by atoms with Gasteiger partial charge < -0.3 is 15.6 Å². The first-order chi connectivity index (χ1) is 8.34. The fourth-order valence-electron chi connectivity index (χ4n) is 2.07. The standard InChI is InChI=1S/C11H13N5O/c17-11(16-7-1-2-12-3-7)8-4-13-5-9-10(8)15-6-14-9/h4-7,12H,1-3H2,(H,14,15)(H,16,17)/t7-/m1/s1. The Labute approximate surface area is 97.8 Å². The number of carbonyl (C=O) groups excluding carboxylic acids is 1. The molecule has 3 N–H and O–H groups in total. The highest BCUT2D eigenvalue weighted by Gasteiger charge is 2.19. The molecule has 1 saturated heterocycles. The smallest absolute Gasteiger partial charge is 0.255 e. The second-order valence-electron chi connectivity index (χ2n) is 4.15. The summed E-state index contributed by atoms with van der Waals surface area (Å²) in [5.41, 5.74) is 1.97. The van der Waals surface area contributed by atoms with E-state index >= 15 is 0 Å². The number of nitrogens with one attached hydrogen (secondary N) is 3. The van der Waals surface area contributed by atoms with Crippen molar-refractivity contribution in [2.45, 2.75) is 12.5 Å². The second-order valence-corrected chi connectivity index (χ2v) is 4.15. The van der Waals surface area contributed by atoms with Crippen molar-refractivity contribution in [2.24, 2.45) is 0 Å². The zero-order chi connectivity index (χ0) is 11.7. The summed E-state index contributed by atoms with van der Waals surface area (Å²) in [6.45, 7) is 1.78. The van der Waals surface area contributed by atoms with E-state index in [4.69, 9.17) is 0 Å². The van der Waals surface area contributed by atoms with Gasteiger partial charge in [-0.15, -0.1) is 0 Å². The molecular weight excluding hydrogens is 218 g/mol. The van der Waals surface area contributed by atoms with E-state index in [9.17, 15) is 4.79 Å². The van der Waals surface area contributed by atoms with E-state index in [2.05, 4.69) is 25.6 Å². The highest BCUT2D eigenvalue weighted by atomic mass is 16.1. The van der Waals surface area contributed by atoms with Crippen molar-refractivity contribution in [3.05, 3.63) is 24.3 Å². The van der Waals surface area contributed by atoms with Gasteiger partial charge in [-0.3, -0.25) is 9.78 Å². The summed E-state index contributed by atoms with van der Waals surface area (Å²) in [5, 5.41) is 6.19. The van der Waals surface area contributed by atoms with E-state index in [0.29, 0.717) is 11.1 Å². The number of aromatic amines is 1. The number of hydrogen-bond acceptors (Lipinski definition) is 4. The minimum Gasteiger partial charge on any atom is -0.348 e. The molecule has 17 heavy (non-hydrogen) atoms. The molecule has 1 aliphatic rings. The molecule has 0 aliphatic carbocycles. The van der Waals surface area contributed by atoms with E-state index in [1.165, 1.54) is 0 Å². The Morgan fingerprint density at radius 1 is 1.47 bits per heavy atom. The van der Waals surface area contributed by atoms with Gasteiger partial charge in [-0.25, -0.2) is 4.98 Å². The first kappa shape index (κ1) is 10.2. The number of hydrogen-bond donors (Lipinski definition) is 3. The van der Waals surface area contributed by atoms with Crippen LogP contribution in [-0.4, -0.2) is 40.0 Å². The zero-order valence-electron chi connectivity index (χ0n) is 9.23. The van der Waals surface area contributed by atoms with Crippen molar-refractivity contribution >= 4 is 16.9 Å². The van der Waals surface area contributed by atoms with Crippen molar-refractivity contribution in [3.8, 4) is 0 Å². The highest BCUT2D eigenvalue weighted by molar-refractivity contribution is 6.04. The van der Waals surface area contributed by atoms with Gasteiger partial charge in [-0.05, 0) is 13.0 Å². The lowest BCUT2D eigenvalue weighted by Gasteiger charge is -2.11. The number of fused-ring (bicyclic) bond motifs is 1. The normalized spacial score (nSPS) is 19.6. The van der Waals surface area contributed by atoms with Gasteiger partial charge in [-0.2, -0.15) is 0 Å². The average molecular weight is 231 g/mol. The molecule has 0 spiro atoms. The third-order valence-electron chi connectivity index (χ3n) is 2.97. The summed E-state index contributed by atoms with van der Waals surface area (Å²) in [6.07, 6.45) is 5.76. The van der Waals surface area contributed by atoms with Crippen LogP contribution in [0.25, 0.3) is 11.0 Å². The van der Waals surface area contributed by atoms with Gasteiger partial charge in [0.15, 0.2) is 0 Å². The third kappa shape index (κ3) is 1.87. The minimum absolute atomic E-state index is 0.107. The van der Waals surface area contributed by atoms with Gasteiger partial charge in [0, 0.05) is 18.8 Å². The van der Waals surface area contributed by atoms with Gasteiger partial charge in [0.05, 0.1) is 23.6 Å². The number of nitrogens with zero attached hydrogens (tertiary/aromatic N) is 2. The summed E-state index contributed by atoms with van der Waals surface area (Å²) in [4.78, 5) is 23.2. The Hall–Kier alpha value is -1.95. The highest BCUT2D eigenvalue weighted by Crippen LogP contribution is 2.13. The number of aromatic nitrogens is 3. The molecule has 2 aromatic heterocycles.